The van der Waals surface area contributed by atoms with E-state index in [1.807, 2.05) is 36.4 Å². The molecule has 0 aliphatic heterocycles. The highest BCUT2D eigenvalue weighted by molar-refractivity contribution is 6.30. The third kappa shape index (κ3) is 4.47. The first-order valence-electron chi connectivity index (χ1n) is 9.21. The van der Waals surface area contributed by atoms with Crippen molar-refractivity contribution in [1.29, 1.82) is 0 Å². The number of nitrogens with one attached hydrogen (secondary N) is 1. The predicted octanol–water partition coefficient (Wildman–Crippen LogP) is 4.46. The lowest BCUT2D eigenvalue weighted by Gasteiger charge is -2.09. The maximum absolute atomic E-state index is 12.7. The second-order valence-corrected chi connectivity index (χ2v) is 6.98. The van der Waals surface area contributed by atoms with Gasteiger partial charge in [0.15, 0.2) is 5.69 Å². The van der Waals surface area contributed by atoms with E-state index >= 15 is 0 Å². The van der Waals surface area contributed by atoms with E-state index in [1.54, 1.807) is 48.3 Å². The first-order chi connectivity index (χ1) is 14.6. The smallest absolute Gasteiger partial charge is 0.278 e. The lowest BCUT2D eigenvalue weighted by Crippen LogP contribution is -2.14. The minimum absolute atomic E-state index is 0.233. The Bertz CT molecular complexity index is 1180. The molecule has 0 saturated carbocycles. The van der Waals surface area contributed by atoms with Crippen molar-refractivity contribution in [2.75, 3.05) is 5.32 Å². The van der Waals surface area contributed by atoms with Crippen molar-refractivity contribution in [1.82, 2.24) is 20.0 Å². The fourth-order valence-electron chi connectivity index (χ4n) is 2.90. The monoisotopic (exact) mass is 419 g/mol. The van der Waals surface area contributed by atoms with Crippen LogP contribution in [-0.4, -0.2) is 25.9 Å². The van der Waals surface area contributed by atoms with Crippen LogP contribution < -0.4 is 10.1 Å². The lowest BCUT2D eigenvalue weighted by atomic mass is 10.2. The van der Waals surface area contributed by atoms with Crippen LogP contribution in [-0.2, 0) is 6.61 Å². The molecular weight excluding hydrogens is 402 g/mol. The molecule has 0 spiro atoms. The normalized spacial score (nSPS) is 10.6. The number of aromatic nitrogens is 4. The maximum Gasteiger partial charge on any atom is 0.278 e. The number of nitrogens with zero attached hydrogens (tertiary/aromatic N) is 4. The first-order valence-corrected chi connectivity index (χ1v) is 9.59. The second-order valence-electron chi connectivity index (χ2n) is 6.55. The third-order valence-corrected chi connectivity index (χ3v) is 4.62. The van der Waals surface area contributed by atoms with E-state index in [9.17, 15) is 4.79 Å². The van der Waals surface area contributed by atoms with E-state index in [4.69, 9.17) is 16.3 Å². The summed E-state index contributed by atoms with van der Waals surface area (Å²) < 4.78 is 7.36. The molecule has 4 rings (SSSR count). The average Bonchev–Trinajstić information content (AvgIpc) is 3.15. The fourth-order valence-corrected chi connectivity index (χ4v) is 3.08. The van der Waals surface area contributed by atoms with Crippen molar-refractivity contribution in [3.05, 3.63) is 95.0 Å². The number of anilines is 1. The Morgan fingerprint density at radius 1 is 1.13 bits per heavy atom. The molecule has 2 aromatic carbocycles. The van der Waals surface area contributed by atoms with Gasteiger partial charge in [-0.2, -0.15) is 0 Å². The summed E-state index contributed by atoms with van der Waals surface area (Å²) in [5, 5.41) is 11.5. The summed E-state index contributed by atoms with van der Waals surface area (Å²) in [6.45, 7) is 2.17. The first kappa shape index (κ1) is 19.6. The van der Waals surface area contributed by atoms with Crippen molar-refractivity contribution in [3.63, 3.8) is 0 Å². The van der Waals surface area contributed by atoms with Gasteiger partial charge >= 0.3 is 0 Å². The van der Waals surface area contributed by atoms with Gasteiger partial charge in [0.2, 0.25) is 0 Å². The van der Waals surface area contributed by atoms with Crippen molar-refractivity contribution in [3.8, 4) is 11.4 Å². The van der Waals surface area contributed by atoms with Crippen LogP contribution in [0.3, 0.4) is 0 Å². The number of hydrogen-bond acceptors (Lipinski definition) is 5. The van der Waals surface area contributed by atoms with Gasteiger partial charge in [0.05, 0.1) is 11.4 Å². The second kappa shape index (κ2) is 8.75. The number of halogens is 1. The minimum atomic E-state index is -0.356. The maximum atomic E-state index is 12.7. The molecule has 0 radical (unpaired) electrons. The predicted molar refractivity (Wildman–Crippen MR) is 114 cm³/mol. The molecule has 0 saturated heterocycles. The van der Waals surface area contributed by atoms with Crippen molar-refractivity contribution in [2.45, 2.75) is 13.5 Å². The Morgan fingerprint density at radius 3 is 2.80 bits per heavy atom. The SMILES string of the molecule is Cc1c(C(=O)Nc2cccc(OCc3cccnc3)c2)nnn1-c1cccc(Cl)c1. The van der Waals surface area contributed by atoms with Gasteiger partial charge in [-0.1, -0.05) is 35.0 Å². The average molecular weight is 420 g/mol. The van der Waals surface area contributed by atoms with Crippen LogP contribution >= 0.6 is 11.6 Å². The van der Waals surface area contributed by atoms with Crippen molar-refractivity contribution >= 4 is 23.2 Å². The zero-order valence-corrected chi connectivity index (χ0v) is 16.9. The van der Waals surface area contributed by atoms with Gasteiger partial charge in [0.1, 0.15) is 12.4 Å². The van der Waals surface area contributed by atoms with Gasteiger partial charge in [0.25, 0.3) is 5.91 Å². The van der Waals surface area contributed by atoms with Crippen LogP contribution in [0.4, 0.5) is 5.69 Å². The number of ether oxygens (including phenoxy) is 1. The topological polar surface area (TPSA) is 81.9 Å². The molecule has 7 nitrogen and oxygen atoms in total. The molecule has 30 heavy (non-hydrogen) atoms. The molecule has 4 aromatic rings. The van der Waals surface area contributed by atoms with Gasteiger partial charge in [-0.3, -0.25) is 9.78 Å². The molecule has 0 fully saturated rings. The molecule has 1 N–H and O–H groups in total. The molecule has 0 atom stereocenters. The summed E-state index contributed by atoms with van der Waals surface area (Å²) >= 11 is 6.05. The van der Waals surface area contributed by atoms with E-state index in [0.717, 1.165) is 11.3 Å². The van der Waals surface area contributed by atoms with Gasteiger partial charge < -0.3 is 10.1 Å². The van der Waals surface area contributed by atoms with Crippen molar-refractivity contribution in [2.24, 2.45) is 0 Å². The van der Waals surface area contributed by atoms with Crippen LogP contribution in [0.15, 0.2) is 73.1 Å². The highest BCUT2D eigenvalue weighted by Crippen LogP contribution is 2.21. The Morgan fingerprint density at radius 2 is 2.00 bits per heavy atom. The summed E-state index contributed by atoms with van der Waals surface area (Å²) in [7, 11) is 0. The standard InChI is InChI=1S/C22H18ClN5O2/c1-15-21(26-27-28(15)19-8-2-6-17(23)11-19)22(29)25-18-7-3-9-20(12-18)30-14-16-5-4-10-24-13-16/h2-13H,14H2,1H3,(H,25,29). The van der Waals surface area contributed by atoms with E-state index in [0.29, 0.717) is 28.8 Å². The number of amides is 1. The number of benzene rings is 2. The van der Waals surface area contributed by atoms with E-state index in [2.05, 4.69) is 20.6 Å². The Balaban J connectivity index is 1.47. The molecule has 1 amide bonds. The van der Waals surface area contributed by atoms with E-state index in [1.165, 1.54) is 0 Å². The molecule has 0 aliphatic rings. The van der Waals surface area contributed by atoms with Crippen LogP contribution in [0.1, 0.15) is 21.7 Å². The van der Waals surface area contributed by atoms with Crippen LogP contribution in [0.5, 0.6) is 5.75 Å². The molecule has 150 valence electrons. The van der Waals surface area contributed by atoms with E-state index < -0.39 is 0 Å². The molecule has 8 heteroatoms. The summed E-state index contributed by atoms with van der Waals surface area (Å²) in [5.41, 5.74) is 3.13. The van der Waals surface area contributed by atoms with Crippen LogP contribution in [0.25, 0.3) is 5.69 Å². The number of hydrogen-bond donors (Lipinski definition) is 1. The van der Waals surface area contributed by atoms with Crippen LogP contribution in [0, 0.1) is 6.92 Å². The Kier molecular flexibility index (Phi) is 5.72. The fraction of sp³-hybridized carbons (Fsp3) is 0.0909. The van der Waals surface area contributed by atoms with Gasteiger partial charge in [0, 0.05) is 34.7 Å². The lowest BCUT2D eigenvalue weighted by molar-refractivity contribution is 0.102. The number of carbonyl (C=O) groups excluding carboxylic acids is 1. The number of pyridine rings is 1. The highest BCUT2D eigenvalue weighted by Gasteiger charge is 2.18. The van der Waals surface area contributed by atoms with E-state index in [-0.39, 0.29) is 11.6 Å². The minimum Gasteiger partial charge on any atom is -0.489 e. The van der Waals surface area contributed by atoms with Crippen molar-refractivity contribution < 1.29 is 9.53 Å². The molecule has 2 heterocycles. The summed E-state index contributed by atoms with van der Waals surface area (Å²) in [6, 6.07) is 18.2. The summed E-state index contributed by atoms with van der Waals surface area (Å²) in [4.78, 5) is 16.8. The quantitative estimate of drug-likeness (QED) is 0.499. The zero-order chi connectivity index (χ0) is 20.9. The molecule has 0 unspecified atom stereocenters. The highest BCUT2D eigenvalue weighted by atomic mass is 35.5. The molecule has 0 bridgehead atoms. The summed E-state index contributed by atoms with van der Waals surface area (Å²) in [6.07, 6.45) is 3.46. The Labute approximate surface area is 178 Å². The summed E-state index contributed by atoms with van der Waals surface area (Å²) in [5.74, 6) is 0.279. The molecule has 0 aliphatic carbocycles. The van der Waals surface area contributed by atoms with Gasteiger partial charge in [-0.25, -0.2) is 4.68 Å². The van der Waals surface area contributed by atoms with Gasteiger partial charge in [-0.05, 0) is 43.3 Å². The number of carbonyl (C=O) groups is 1. The van der Waals surface area contributed by atoms with Crippen LogP contribution in [0.2, 0.25) is 5.02 Å². The Hall–Kier alpha value is -3.71. The third-order valence-electron chi connectivity index (χ3n) is 4.38. The van der Waals surface area contributed by atoms with Gasteiger partial charge in [-0.15, -0.1) is 5.10 Å². The molecular formula is C22H18ClN5O2. The number of rotatable bonds is 6. The largest absolute Gasteiger partial charge is 0.489 e. The zero-order valence-electron chi connectivity index (χ0n) is 16.1. The molecule has 2 aromatic heterocycles.